The van der Waals surface area contributed by atoms with Crippen LogP contribution in [0.5, 0.6) is 0 Å². The number of aliphatic hydroxyl groups is 1. The fourth-order valence-corrected chi connectivity index (χ4v) is 2.86. The van der Waals surface area contributed by atoms with Crippen LogP contribution in [0.3, 0.4) is 0 Å². The lowest BCUT2D eigenvalue weighted by atomic mass is 10.1. The van der Waals surface area contributed by atoms with Gasteiger partial charge < -0.3 is 5.11 Å². The van der Waals surface area contributed by atoms with Gasteiger partial charge in [-0.15, -0.1) is 0 Å². The van der Waals surface area contributed by atoms with E-state index in [1.54, 1.807) is 19.1 Å². The standard InChI is InChI=1S/C10H9FN2OS2/c1-6(14)7-3-2-4-8(11)9(7)15-10-12-5-13-16-10/h2-6,14H,1H3/t6-/m0/s1. The molecular weight excluding hydrogens is 247 g/mol. The molecule has 1 N–H and O–H groups in total. The summed E-state index contributed by atoms with van der Waals surface area (Å²) < 4.78 is 18.1. The largest absolute Gasteiger partial charge is 0.389 e. The van der Waals surface area contributed by atoms with E-state index in [0.29, 0.717) is 14.8 Å². The summed E-state index contributed by atoms with van der Waals surface area (Å²) in [4.78, 5) is 4.39. The molecule has 0 saturated carbocycles. The van der Waals surface area contributed by atoms with Crippen molar-refractivity contribution >= 4 is 23.3 Å². The van der Waals surface area contributed by atoms with Crippen molar-refractivity contribution in [1.82, 2.24) is 9.36 Å². The van der Waals surface area contributed by atoms with Gasteiger partial charge in [0.15, 0.2) is 4.34 Å². The Morgan fingerprint density at radius 2 is 2.31 bits per heavy atom. The van der Waals surface area contributed by atoms with Gasteiger partial charge in [-0.3, -0.25) is 0 Å². The van der Waals surface area contributed by atoms with Crippen LogP contribution >= 0.6 is 23.3 Å². The Kier molecular flexibility index (Phi) is 3.52. The summed E-state index contributed by atoms with van der Waals surface area (Å²) in [6, 6.07) is 4.66. The van der Waals surface area contributed by atoms with Gasteiger partial charge in [-0.05, 0) is 30.1 Å². The zero-order valence-electron chi connectivity index (χ0n) is 8.42. The molecular formula is C10H9FN2OS2. The van der Waals surface area contributed by atoms with Gasteiger partial charge in [0.1, 0.15) is 12.1 Å². The molecule has 16 heavy (non-hydrogen) atoms. The summed E-state index contributed by atoms with van der Waals surface area (Å²) in [5, 5.41) is 9.54. The molecule has 84 valence electrons. The minimum atomic E-state index is -0.703. The van der Waals surface area contributed by atoms with Crippen LogP contribution in [0.25, 0.3) is 0 Å². The fourth-order valence-electron chi connectivity index (χ4n) is 1.26. The van der Waals surface area contributed by atoms with Crippen LogP contribution in [0, 0.1) is 5.82 Å². The van der Waals surface area contributed by atoms with Crippen LogP contribution in [0.15, 0.2) is 33.8 Å². The van der Waals surface area contributed by atoms with Crippen LogP contribution < -0.4 is 0 Å². The first-order valence-corrected chi connectivity index (χ1v) is 6.18. The van der Waals surface area contributed by atoms with Crippen LogP contribution in [0.4, 0.5) is 4.39 Å². The summed E-state index contributed by atoms with van der Waals surface area (Å²) in [5.74, 6) is -0.349. The Balaban J connectivity index is 2.38. The molecule has 0 aliphatic carbocycles. The van der Waals surface area contributed by atoms with Crippen molar-refractivity contribution in [3.63, 3.8) is 0 Å². The number of hydrogen-bond donors (Lipinski definition) is 1. The molecule has 0 amide bonds. The van der Waals surface area contributed by atoms with E-state index in [4.69, 9.17) is 0 Å². The molecule has 0 aliphatic heterocycles. The highest BCUT2D eigenvalue weighted by molar-refractivity contribution is 8.01. The second-order valence-electron chi connectivity index (χ2n) is 3.14. The molecule has 1 atom stereocenters. The number of nitrogens with zero attached hydrogens (tertiary/aromatic N) is 2. The van der Waals surface area contributed by atoms with Crippen molar-refractivity contribution in [3.05, 3.63) is 35.9 Å². The predicted molar refractivity (Wildman–Crippen MR) is 61.1 cm³/mol. The van der Waals surface area contributed by atoms with Gasteiger partial charge in [0, 0.05) is 0 Å². The van der Waals surface area contributed by atoms with E-state index in [1.807, 2.05) is 0 Å². The van der Waals surface area contributed by atoms with E-state index >= 15 is 0 Å². The predicted octanol–water partition coefficient (Wildman–Crippen LogP) is 2.88. The highest BCUT2D eigenvalue weighted by Gasteiger charge is 2.14. The molecule has 6 heteroatoms. The van der Waals surface area contributed by atoms with Gasteiger partial charge in [-0.1, -0.05) is 23.9 Å². The maximum absolute atomic E-state index is 13.6. The van der Waals surface area contributed by atoms with Gasteiger partial charge in [0.25, 0.3) is 0 Å². The van der Waals surface area contributed by atoms with E-state index in [0.717, 1.165) is 0 Å². The highest BCUT2D eigenvalue weighted by Crippen LogP contribution is 2.35. The fraction of sp³-hybridized carbons (Fsp3) is 0.200. The van der Waals surface area contributed by atoms with Crippen LogP contribution in [0.1, 0.15) is 18.6 Å². The van der Waals surface area contributed by atoms with Crippen molar-refractivity contribution < 1.29 is 9.50 Å². The minimum absolute atomic E-state index is 0.349. The lowest BCUT2D eigenvalue weighted by Crippen LogP contribution is -1.96. The van der Waals surface area contributed by atoms with E-state index in [-0.39, 0.29) is 5.82 Å². The second kappa shape index (κ2) is 4.90. The SMILES string of the molecule is C[C@H](O)c1cccc(F)c1Sc1ncns1. The number of hydrogen-bond acceptors (Lipinski definition) is 5. The Morgan fingerprint density at radius 3 is 2.94 bits per heavy atom. The third-order valence-electron chi connectivity index (χ3n) is 1.98. The van der Waals surface area contributed by atoms with Crippen molar-refractivity contribution in [2.75, 3.05) is 0 Å². The molecule has 1 heterocycles. The molecule has 1 aromatic heterocycles. The third-order valence-corrected chi connectivity index (χ3v) is 3.83. The number of benzene rings is 1. The van der Waals surface area contributed by atoms with Gasteiger partial charge >= 0.3 is 0 Å². The summed E-state index contributed by atoms with van der Waals surface area (Å²) in [7, 11) is 0. The number of aliphatic hydroxyl groups excluding tert-OH is 1. The molecule has 0 spiro atoms. The molecule has 2 rings (SSSR count). The molecule has 0 aliphatic rings. The maximum atomic E-state index is 13.6. The molecule has 3 nitrogen and oxygen atoms in total. The minimum Gasteiger partial charge on any atom is -0.389 e. The number of halogens is 1. The first kappa shape index (κ1) is 11.5. The summed E-state index contributed by atoms with van der Waals surface area (Å²) in [6.07, 6.45) is 0.724. The molecule has 0 bridgehead atoms. The van der Waals surface area contributed by atoms with E-state index in [2.05, 4.69) is 9.36 Å². The summed E-state index contributed by atoms with van der Waals surface area (Å²) in [5.41, 5.74) is 0.570. The van der Waals surface area contributed by atoms with Crippen molar-refractivity contribution in [1.29, 1.82) is 0 Å². The highest BCUT2D eigenvalue weighted by atomic mass is 32.2. The second-order valence-corrected chi connectivity index (χ2v) is 5.18. The van der Waals surface area contributed by atoms with Crippen molar-refractivity contribution in [2.45, 2.75) is 22.3 Å². The molecule has 1 aromatic carbocycles. The lowest BCUT2D eigenvalue weighted by molar-refractivity contribution is 0.195. The van der Waals surface area contributed by atoms with Crippen molar-refractivity contribution in [2.24, 2.45) is 0 Å². The van der Waals surface area contributed by atoms with Gasteiger partial charge in [0.2, 0.25) is 0 Å². The zero-order valence-corrected chi connectivity index (χ0v) is 10.1. The smallest absolute Gasteiger partial charge is 0.174 e. The quantitative estimate of drug-likeness (QED) is 0.917. The average Bonchev–Trinajstić information content (AvgIpc) is 2.73. The van der Waals surface area contributed by atoms with Gasteiger partial charge in [-0.2, -0.15) is 4.37 Å². The van der Waals surface area contributed by atoms with E-state index in [9.17, 15) is 9.50 Å². The van der Waals surface area contributed by atoms with Crippen LogP contribution in [-0.2, 0) is 0 Å². The average molecular weight is 256 g/mol. The molecule has 2 aromatic rings. The summed E-state index contributed by atoms with van der Waals surface area (Å²) >= 11 is 2.39. The first-order chi connectivity index (χ1) is 7.68. The van der Waals surface area contributed by atoms with Gasteiger partial charge in [-0.25, -0.2) is 9.37 Å². The number of rotatable bonds is 3. The normalized spacial score (nSPS) is 12.7. The number of aromatic nitrogens is 2. The van der Waals surface area contributed by atoms with E-state index in [1.165, 1.54) is 35.7 Å². The Labute approximate surface area is 101 Å². The monoisotopic (exact) mass is 256 g/mol. The molecule has 0 unspecified atom stereocenters. The van der Waals surface area contributed by atoms with Crippen LogP contribution in [-0.4, -0.2) is 14.5 Å². The van der Waals surface area contributed by atoms with Gasteiger partial charge in [0.05, 0.1) is 11.0 Å². The maximum Gasteiger partial charge on any atom is 0.174 e. The van der Waals surface area contributed by atoms with Crippen molar-refractivity contribution in [3.8, 4) is 0 Å². The Morgan fingerprint density at radius 1 is 1.50 bits per heavy atom. The molecule has 0 fully saturated rings. The molecule has 0 radical (unpaired) electrons. The lowest BCUT2D eigenvalue weighted by Gasteiger charge is -2.10. The topological polar surface area (TPSA) is 46.0 Å². The molecule has 0 saturated heterocycles. The Bertz CT molecular complexity index is 474. The van der Waals surface area contributed by atoms with Crippen LogP contribution in [0.2, 0.25) is 0 Å². The zero-order chi connectivity index (χ0) is 11.5. The third kappa shape index (κ3) is 2.40. The Hall–Kier alpha value is -0.980. The summed E-state index contributed by atoms with van der Waals surface area (Å²) in [6.45, 7) is 1.61. The first-order valence-electron chi connectivity index (χ1n) is 4.59. The van der Waals surface area contributed by atoms with E-state index < -0.39 is 6.10 Å².